The number of nitrogens with zero attached hydrogens (tertiary/aromatic N) is 4. The van der Waals surface area contributed by atoms with Gasteiger partial charge in [0.1, 0.15) is 25.6 Å². The number of likely N-dealkylation sites (tertiary alicyclic amines) is 1. The van der Waals surface area contributed by atoms with E-state index in [1.54, 1.807) is 49.2 Å². The first-order valence-electron chi connectivity index (χ1n) is 20.7. The minimum Gasteiger partial charge on any atom is -0.493 e. The van der Waals surface area contributed by atoms with Gasteiger partial charge in [0, 0.05) is 54.6 Å². The topological polar surface area (TPSA) is 153 Å². The molecule has 0 radical (unpaired) electrons. The number of pyridine rings is 1. The van der Waals surface area contributed by atoms with E-state index in [1.165, 1.54) is 12.7 Å². The minimum atomic E-state index is -0.295. The zero-order chi connectivity index (χ0) is 43.4. The highest BCUT2D eigenvalue weighted by molar-refractivity contribution is 8.01. The molecule has 4 unspecified atom stereocenters. The van der Waals surface area contributed by atoms with E-state index in [0.29, 0.717) is 95.1 Å². The second kappa shape index (κ2) is 18.5. The van der Waals surface area contributed by atoms with Crippen LogP contribution < -0.4 is 34.3 Å². The fourth-order valence-electron chi connectivity index (χ4n) is 8.35. The number of benzene rings is 2. The average Bonchev–Trinajstić information content (AvgIpc) is 3.85. The largest absolute Gasteiger partial charge is 0.493 e. The van der Waals surface area contributed by atoms with Gasteiger partial charge in [-0.05, 0) is 57.9 Å². The smallest absolute Gasteiger partial charge is 0.256 e. The molecule has 7 rings (SSSR count). The number of rotatable bonds is 8. The number of methoxy groups -OCH3 is 2. The van der Waals surface area contributed by atoms with Gasteiger partial charge in [-0.15, -0.1) is 18.3 Å². The summed E-state index contributed by atoms with van der Waals surface area (Å²) in [5.41, 5.74) is 4.15. The van der Waals surface area contributed by atoms with Crippen LogP contribution in [0.1, 0.15) is 85.5 Å². The molecule has 1 aromatic heterocycles. The number of nitrogens with one attached hydrogen (secondary N) is 2. The van der Waals surface area contributed by atoms with Gasteiger partial charge in [0.05, 0.1) is 66.1 Å². The Kier molecular flexibility index (Phi) is 13.2. The summed E-state index contributed by atoms with van der Waals surface area (Å²) in [6.45, 7) is 17.6. The molecule has 0 aliphatic carbocycles. The lowest BCUT2D eigenvalue weighted by Gasteiger charge is -2.35. The van der Waals surface area contributed by atoms with Crippen LogP contribution in [0.2, 0.25) is 0 Å². The highest BCUT2D eigenvalue weighted by atomic mass is 32.2. The number of fused-ring (bicyclic) bond motifs is 6. The SMILES string of the molecule is C=CC1CC(C)N(C(=O)c2cc(OC)c(OCc3cc4cc(n3)COc3cc5c(cc3OC)C(=O)N3C/C(=C/C)CC3C(N5)SC(C)(C)CCC(=O)NCCO4)cc2N=C)C1. The molecule has 15 heteroatoms. The van der Waals surface area contributed by atoms with Crippen LogP contribution in [0.25, 0.3) is 0 Å². The zero-order valence-corrected chi connectivity index (χ0v) is 36.7. The predicted octanol–water partition coefficient (Wildman–Crippen LogP) is 7.34. The molecule has 4 aliphatic heterocycles. The molecule has 3 aromatic rings. The number of allylic oxidation sites excluding steroid dienone is 1. The van der Waals surface area contributed by atoms with Crippen LogP contribution in [-0.4, -0.2) is 102 Å². The summed E-state index contributed by atoms with van der Waals surface area (Å²) >= 11 is 1.74. The van der Waals surface area contributed by atoms with Crippen LogP contribution in [0.4, 0.5) is 11.4 Å². The number of ether oxygens (including phenoxy) is 5. The Labute approximate surface area is 362 Å². The fourth-order valence-corrected chi connectivity index (χ4v) is 9.84. The van der Waals surface area contributed by atoms with Gasteiger partial charge in [-0.3, -0.25) is 24.4 Å². The Morgan fingerprint density at radius 2 is 1.90 bits per heavy atom. The Morgan fingerprint density at radius 1 is 1.10 bits per heavy atom. The standard InChI is InChI=1S/C46H56N6O8S/c1-9-28-15-27(3)51(23-28)44(54)33-19-38(56-7)40(21-35(33)47-6)59-25-30-17-32-18-31(49-30)26-60-41-22-36-34(20-39(41)57-8)45(55)52-24-29(10-2)16-37(52)43(50-36)61-46(4,5)12-11-42(53)48-13-14-58-32/h9-10,17-22,27-28,37,43,50H,1,6,11-16,23-26H2,2-5,7-8H3,(H,48,53)/b29-10+. The summed E-state index contributed by atoms with van der Waals surface area (Å²) in [7, 11) is 3.06. The van der Waals surface area contributed by atoms with Gasteiger partial charge in [0.25, 0.3) is 11.8 Å². The number of aromatic nitrogens is 1. The Morgan fingerprint density at radius 3 is 2.62 bits per heavy atom. The maximum absolute atomic E-state index is 14.2. The first-order valence-corrected chi connectivity index (χ1v) is 21.6. The molecule has 2 fully saturated rings. The van der Waals surface area contributed by atoms with E-state index in [2.05, 4.69) is 48.8 Å². The normalized spacial score (nSPS) is 23.2. The number of thioether (sulfide) groups is 1. The van der Waals surface area contributed by atoms with Gasteiger partial charge < -0.3 is 44.1 Å². The summed E-state index contributed by atoms with van der Waals surface area (Å²) in [6.07, 6.45) is 6.55. The molecule has 4 aliphatic rings. The quantitative estimate of drug-likeness (QED) is 0.173. The van der Waals surface area contributed by atoms with E-state index < -0.39 is 0 Å². The predicted molar refractivity (Wildman–Crippen MR) is 237 cm³/mol. The summed E-state index contributed by atoms with van der Waals surface area (Å²) in [4.78, 5) is 53.8. The number of amides is 3. The van der Waals surface area contributed by atoms with Crippen LogP contribution in [-0.2, 0) is 18.0 Å². The van der Waals surface area contributed by atoms with Crippen molar-refractivity contribution in [2.45, 2.75) is 88.8 Å². The summed E-state index contributed by atoms with van der Waals surface area (Å²) < 4.78 is 30.1. The van der Waals surface area contributed by atoms with Crippen molar-refractivity contribution >= 4 is 47.6 Å². The molecule has 14 nitrogen and oxygen atoms in total. The van der Waals surface area contributed by atoms with Crippen molar-refractivity contribution in [3.63, 3.8) is 0 Å². The van der Waals surface area contributed by atoms with E-state index in [0.717, 1.165) is 12.8 Å². The van der Waals surface area contributed by atoms with E-state index in [-0.39, 0.29) is 65.7 Å². The molecule has 2 aromatic carbocycles. The number of hydrogen-bond acceptors (Lipinski definition) is 12. The molecule has 0 spiro atoms. The van der Waals surface area contributed by atoms with E-state index in [4.69, 9.17) is 28.7 Å². The van der Waals surface area contributed by atoms with Crippen LogP contribution in [0.15, 0.2) is 65.7 Å². The van der Waals surface area contributed by atoms with E-state index in [9.17, 15) is 14.4 Å². The number of anilines is 1. The second-order valence-electron chi connectivity index (χ2n) is 16.4. The van der Waals surface area contributed by atoms with E-state index in [1.807, 2.05) is 35.8 Å². The Bertz CT molecular complexity index is 2230. The number of carbonyl (C=O) groups is 3. The van der Waals surface area contributed by atoms with Gasteiger partial charge >= 0.3 is 0 Å². The number of carbonyl (C=O) groups excluding carboxylic acids is 3. The van der Waals surface area contributed by atoms with Crippen molar-refractivity contribution in [1.29, 1.82) is 0 Å². The lowest BCUT2D eigenvalue weighted by atomic mass is 10.1. The van der Waals surface area contributed by atoms with Crippen molar-refractivity contribution in [1.82, 2.24) is 20.1 Å². The molecule has 0 saturated carbocycles. The molecule has 4 atom stereocenters. The van der Waals surface area contributed by atoms with Gasteiger partial charge in [0.15, 0.2) is 23.0 Å². The summed E-state index contributed by atoms with van der Waals surface area (Å²) in [6, 6.07) is 10.3. The first kappa shape index (κ1) is 43.4. The van der Waals surface area contributed by atoms with Gasteiger partial charge in [-0.1, -0.05) is 31.6 Å². The minimum absolute atomic E-state index is 0.000977. The molecule has 61 heavy (non-hydrogen) atoms. The molecule has 5 bridgehead atoms. The third-order valence-corrected chi connectivity index (χ3v) is 13.3. The molecular formula is C46H56N6O8S. The summed E-state index contributed by atoms with van der Waals surface area (Å²) in [5, 5.41) is 6.55. The van der Waals surface area contributed by atoms with Crippen molar-refractivity contribution in [2.75, 3.05) is 45.8 Å². The second-order valence-corrected chi connectivity index (χ2v) is 18.3. The van der Waals surface area contributed by atoms with Crippen LogP contribution in [0.3, 0.4) is 0 Å². The fraction of sp³-hybridized carbons (Fsp3) is 0.457. The molecule has 2 saturated heterocycles. The maximum atomic E-state index is 14.2. The molecular weight excluding hydrogens is 797 g/mol. The number of hydrogen-bond donors (Lipinski definition) is 2. The van der Waals surface area contributed by atoms with Gasteiger partial charge in [-0.25, -0.2) is 0 Å². The van der Waals surface area contributed by atoms with Crippen molar-refractivity contribution in [3.05, 3.63) is 83.2 Å². The van der Waals surface area contributed by atoms with Crippen molar-refractivity contribution in [2.24, 2.45) is 10.9 Å². The third kappa shape index (κ3) is 9.61. The lowest BCUT2D eigenvalue weighted by molar-refractivity contribution is -0.121. The van der Waals surface area contributed by atoms with E-state index >= 15 is 0 Å². The summed E-state index contributed by atoms with van der Waals surface area (Å²) in [5.74, 6) is 1.97. The Balaban J connectivity index is 1.18. The van der Waals surface area contributed by atoms with Crippen LogP contribution in [0.5, 0.6) is 28.7 Å². The monoisotopic (exact) mass is 852 g/mol. The lowest BCUT2D eigenvalue weighted by Crippen LogP contribution is -2.43. The molecule has 3 amide bonds. The molecule has 5 heterocycles. The average molecular weight is 853 g/mol. The Hall–Kier alpha value is -5.70. The van der Waals surface area contributed by atoms with Crippen LogP contribution in [0, 0.1) is 5.92 Å². The van der Waals surface area contributed by atoms with Crippen molar-refractivity contribution < 1.29 is 38.1 Å². The third-order valence-electron chi connectivity index (χ3n) is 11.7. The maximum Gasteiger partial charge on any atom is 0.256 e. The number of aliphatic imine (C=N–C) groups is 1. The van der Waals surface area contributed by atoms with Crippen LogP contribution >= 0.6 is 11.8 Å². The zero-order valence-electron chi connectivity index (χ0n) is 35.9. The highest BCUT2D eigenvalue weighted by Gasteiger charge is 2.43. The van der Waals surface area contributed by atoms with Crippen molar-refractivity contribution in [3.8, 4) is 28.7 Å². The van der Waals surface area contributed by atoms with Gasteiger partial charge in [-0.2, -0.15) is 0 Å². The molecule has 324 valence electrons. The highest BCUT2D eigenvalue weighted by Crippen LogP contribution is 2.45. The first-order chi connectivity index (χ1) is 29.3. The molecule has 2 N–H and O–H groups in total. The van der Waals surface area contributed by atoms with Gasteiger partial charge in [0.2, 0.25) is 5.91 Å².